The quantitative estimate of drug-likeness (QED) is 0.894. The predicted octanol–water partition coefficient (Wildman–Crippen LogP) is 1.07. The van der Waals surface area contributed by atoms with Crippen LogP contribution in [0, 0.1) is 0 Å². The van der Waals surface area contributed by atoms with E-state index in [2.05, 4.69) is 5.10 Å². The first kappa shape index (κ1) is 13.9. The number of nitrogens with zero attached hydrogens (tertiary/aromatic N) is 3. The lowest BCUT2D eigenvalue weighted by Crippen LogP contribution is -2.42. The van der Waals surface area contributed by atoms with Crippen LogP contribution in [0.3, 0.4) is 0 Å². The van der Waals surface area contributed by atoms with Gasteiger partial charge < -0.3 is 10.0 Å². The lowest BCUT2D eigenvalue weighted by molar-refractivity contribution is -0.140. The lowest BCUT2D eigenvalue weighted by Gasteiger charge is -2.20. The number of hydrogen-bond acceptors (Lipinski definition) is 4. The molecule has 1 aromatic rings. The number of amides is 1. The van der Waals surface area contributed by atoms with Gasteiger partial charge in [-0.25, -0.2) is 4.79 Å². The molecular weight excluding hydrogens is 266 g/mol. The van der Waals surface area contributed by atoms with Crippen LogP contribution in [0.15, 0.2) is 6.07 Å². The smallest absolute Gasteiger partial charge is 0.327 e. The van der Waals surface area contributed by atoms with E-state index < -0.39 is 12.0 Å². The summed E-state index contributed by atoms with van der Waals surface area (Å²) in [6.07, 6.45) is 0.754. The second kappa shape index (κ2) is 5.64. The number of carbonyl (C=O) groups excluding carboxylic acids is 1. The van der Waals surface area contributed by atoms with Crippen molar-refractivity contribution in [3.63, 3.8) is 0 Å². The van der Waals surface area contributed by atoms with Crippen molar-refractivity contribution < 1.29 is 14.7 Å². The molecule has 104 valence electrons. The minimum atomic E-state index is -0.948. The third-order valence-electron chi connectivity index (χ3n) is 3.14. The van der Waals surface area contributed by atoms with Crippen molar-refractivity contribution in [2.24, 2.45) is 0 Å². The summed E-state index contributed by atoms with van der Waals surface area (Å²) in [4.78, 5) is 25.0. The fraction of sp³-hybridized carbons (Fsp3) is 0.583. The Kier molecular flexibility index (Phi) is 4.14. The normalized spacial score (nSPS) is 18.8. The third kappa shape index (κ3) is 2.60. The third-order valence-corrected chi connectivity index (χ3v) is 4.15. The Hall–Kier alpha value is -1.50. The van der Waals surface area contributed by atoms with Crippen molar-refractivity contribution >= 4 is 23.6 Å². The molecule has 2 rings (SSSR count). The Bertz CT molecular complexity index is 500. The Morgan fingerprint density at radius 2 is 2.26 bits per heavy atom. The monoisotopic (exact) mass is 283 g/mol. The van der Waals surface area contributed by atoms with E-state index in [1.807, 2.05) is 13.8 Å². The molecule has 1 atom stereocenters. The Balaban J connectivity index is 2.28. The summed E-state index contributed by atoms with van der Waals surface area (Å²) in [6, 6.07) is 1.02. The predicted molar refractivity (Wildman–Crippen MR) is 72.2 cm³/mol. The molecule has 19 heavy (non-hydrogen) atoms. The molecule has 1 aliphatic rings. The number of aryl methyl sites for hydroxylation is 2. The van der Waals surface area contributed by atoms with E-state index in [-0.39, 0.29) is 5.91 Å². The summed E-state index contributed by atoms with van der Waals surface area (Å²) in [5.74, 6) is -0.322. The summed E-state index contributed by atoms with van der Waals surface area (Å²) < 4.78 is 1.64. The zero-order valence-corrected chi connectivity index (χ0v) is 11.8. The SMILES string of the molecule is CCc1cc(C(=O)N2CSC[C@H]2C(=O)O)n(CC)n1. The van der Waals surface area contributed by atoms with Crippen LogP contribution in [0.2, 0.25) is 0 Å². The highest BCUT2D eigenvalue weighted by atomic mass is 32.2. The van der Waals surface area contributed by atoms with Gasteiger partial charge >= 0.3 is 5.97 Å². The molecule has 1 aromatic heterocycles. The van der Waals surface area contributed by atoms with E-state index in [1.165, 1.54) is 16.7 Å². The van der Waals surface area contributed by atoms with Gasteiger partial charge in [-0.15, -0.1) is 11.8 Å². The van der Waals surface area contributed by atoms with E-state index in [4.69, 9.17) is 5.11 Å². The molecular formula is C12H17N3O3S. The van der Waals surface area contributed by atoms with Gasteiger partial charge in [-0.2, -0.15) is 5.10 Å². The van der Waals surface area contributed by atoms with Gasteiger partial charge in [0.25, 0.3) is 5.91 Å². The highest BCUT2D eigenvalue weighted by molar-refractivity contribution is 7.99. The first-order valence-electron chi connectivity index (χ1n) is 6.26. The maximum absolute atomic E-state index is 12.5. The number of carboxylic acids is 1. The molecule has 0 radical (unpaired) electrons. The highest BCUT2D eigenvalue weighted by Gasteiger charge is 2.36. The molecule has 7 heteroatoms. The summed E-state index contributed by atoms with van der Waals surface area (Å²) in [5.41, 5.74) is 1.33. The number of carboxylic acid groups (broad SMARTS) is 1. The molecule has 1 aliphatic heterocycles. The first-order valence-corrected chi connectivity index (χ1v) is 7.42. The Labute approximate surface area is 115 Å². The van der Waals surface area contributed by atoms with Gasteiger partial charge in [-0.05, 0) is 19.4 Å². The van der Waals surface area contributed by atoms with Crippen molar-refractivity contribution in [1.82, 2.24) is 14.7 Å². The van der Waals surface area contributed by atoms with Crippen LogP contribution in [0.4, 0.5) is 0 Å². The minimum Gasteiger partial charge on any atom is -0.480 e. The van der Waals surface area contributed by atoms with Crippen LogP contribution in [0.25, 0.3) is 0 Å². The van der Waals surface area contributed by atoms with Crippen LogP contribution in [-0.4, -0.2) is 49.3 Å². The molecule has 0 aromatic carbocycles. The van der Waals surface area contributed by atoms with E-state index in [1.54, 1.807) is 10.7 Å². The Morgan fingerprint density at radius 3 is 2.84 bits per heavy atom. The maximum atomic E-state index is 12.5. The first-order chi connectivity index (χ1) is 9.08. The van der Waals surface area contributed by atoms with Crippen LogP contribution < -0.4 is 0 Å². The Morgan fingerprint density at radius 1 is 1.53 bits per heavy atom. The maximum Gasteiger partial charge on any atom is 0.327 e. The van der Waals surface area contributed by atoms with Crippen molar-refractivity contribution in [3.05, 3.63) is 17.5 Å². The van der Waals surface area contributed by atoms with Crippen LogP contribution in [-0.2, 0) is 17.8 Å². The number of aromatic nitrogens is 2. The highest BCUT2D eigenvalue weighted by Crippen LogP contribution is 2.23. The van der Waals surface area contributed by atoms with Crippen molar-refractivity contribution in [2.45, 2.75) is 32.9 Å². The second-order valence-electron chi connectivity index (χ2n) is 4.32. The standard InChI is InChI=1S/C12H17N3O3S/c1-3-8-5-9(15(4-2)13-8)11(16)14-7-19-6-10(14)12(17)18/h5,10H,3-4,6-7H2,1-2H3,(H,17,18)/t10-/m0/s1. The van der Waals surface area contributed by atoms with Gasteiger partial charge in [-0.1, -0.05) is 6.92 Å². The molecule has 2 heterocycles. The van der Waals surface area contributed by atoms with Crippen LogP contribution in [0.1, 0.15) is 30.0 Å². The molecule has 0 aliphatic carbocycles. The van der Waals surface area contributed by atoms with Crippen LogP contribution >= 0.6 is 11.8 Å². The molecule has 1 N–H and O–H groups in total. The zero-order chi connectivity index (χ0) is 14.0. The van der Waals surface area contributed by atoms with Crippen molar-refractivity contribution in [2.75, 3.05) is 11.6 Å². The van der Waals surface area contributed by atoms with Crippen LogP contribution in [0.5, 0.6) is 0 Å². The molecule has 0 saturated carbocycles. The molecule has 6 nitrogen and oxygen atoms in total. The second-order valence-corrected chi connectivity index (χ2v) is 5.32. The average molecular weight is 283 g/mol. The molecule has 0 bridgehead atoms. The van der Waals surface area contributed by atoms with Gasteiger partial charge in [0.15, 0.2) is 0 Å². The summed E-state index contributed by atoms with van der Waals surface area (Å²) in [5, 5.41) is 13.5. The molecule has 1 saturated heterocycles. The van der Waals surface area contributed by atoms with Gasteiger partial charge in [0.1, 0.15) is 11.7 Å². The fourth-order valence-electron chi connectivity index (χ4n) is 2.05. The number of aliphatic carboxylic acids is 1. The molecule has 0 unspecified atom stereocenters. The zero-order valence-electron chi connectivity index (χ0n) is 11.0. The number of hydrogen-bond donors (Lipinski definition) is 1. The van der Waals surface area contributed by atoms with Gasteiger partial charge in [0.05, 0.1) is 11.6 Å². The van der Waals surface area contributed by atoms with E-state index in [0.29, 0.717) is 23.9 Å². The summed E-state index contributed by atoms with van der Waals surface area (Å²) >= 11 is 1.46. The van der Waals surface area contributed by atoms with Gasteiger partial charge in [0, 0.05) is 12.3 Å². The van der Waals surface area contributed by atoms with E-state index >= 15 is 0 Å². The summed E-state index contributed by atoms with van der Waals surface area (Å²) in [6.45, 7) is 4.48. The lowest BCUT2D eigenvalue weighted by atomic mass is 10.2. The number of thioether (sulfide) groups is 1. The summed E-state index contributed by atoms with van der Waals surface area (Å²) in [7, 11) is 0. The average Bonchev–Trinajstić information content (AvgIpc) is 3.04. The molecule has 0 spiro atoms. The van der Waals surface area contributed by atoms with Crippen molar-refractivity contribution in [1.29, 1.82) is 0 Å². The minimum absolute atomic E-state index is 0.244. The van der Waals surface area contributed by atoms with Crippen molar-refractivity contribution in [3.8, 4) is 0 Å². The topological polar surface area (TPSA) is 75.4 Å². The van der Waals surface area contributed by atoms with E-state index in [0.717, 1.165) is 12.1 Å². The molecule has 1 fully saturated rings. The number of rotatable bonds is 4. The van der Waals surface area contributed by atoms with Gasteiger partial charge in [-0.3, -0.25) is 9.48 Å². The van der Waals surface area contributed by atoms with Gasteiger partial charge in [0.2, 0.25) is 0 Å². The number of carbonyl (C=O) groups is 2. The largest absolute Gasteiger partial charge is 0.480 e. The fourth-order valence-corrected chi connectivity index (χ4v) is 3.20. The molecule has 1 amide bonds. The van der Waals surface area contributed by atoms with E-state index in [9.17, 15) is 9.59 Å².